The average molecular weight is 332 g/mol. The third-order valence-electron chi connectivity index (χ3n) is 4.57. The van der Waals surface area contributed by atoms with Gasteiger partial charge in [0, 0.05) is 19.1 Å². The van der Waals surface area contributed by atoms with Gasteiger partial charge in [-0.2, -0.15) is 0 Å². The minimum absolute atomic E-state index is 0.0292. The largest absolute Gasteiger partial charge is 0.444 e. The Balaban J connectivity index is 1.66. The molecule has 0 bridgehead atoms. The predicted octanol–water partition coefficient (Wildman–Crippen LogP) is 2.94. The van der Waals surface area contributed by atoms with Crippen molar-refractivity contribution in [3.05, 3.63) is 35.9 Å². The highest BCUT2D eigenvalue weighted by Crippen LogP contribution is 2.34. The van der Waals surface area contributed by atoms with Crippen molar-refractivity contribution >= 4 is 6.09 Å². The Morgan fingerprint density at radius 2 is 2.04 bits per heavy atom. The van der Waals surface area contributed by atoms with Crippen LogP contribution >= 0.6 is 0 Å². The van der Waals surface area contributed by atoms with Crippen molar-refractivity contribution in [2.75, 3.05) is 6.54 Å². The van der Waals surface area contributed by atoms with Crippen molar-refractivity contribution in [2.45, 2.75) is 70.6 Å². The van der Waals surface area contributed by atoms with Gasteiger partial charge in [-0.15, -0.1) is 0 Å². The molecule has 0 aliphatic carbocycles. The first-order valence-corrected chi connectivity index (χ1v) is 8.75. The van der Waals surface area contributed by atoms with E-state index in [1.165, 1.54) is 5.56 Å². The molecule has 0 radical (unpaired) electrons. The lowest BCUT2D eigenvalue weighted by atomic mass is 10.1. The van der Waals surface area contributed by atoms with Crippen LogP contribution in [-0.2, 0) is 16.0 Å². The third kappa shape index (κ3) is 4.08. The van der Waals surface area contributed by atoms with Crippen molar-refractivity contribution in [1.29, 1.82) is 0 Å². The number of amides is 1. The first-order chi connectivity index (χ1) is 11.3. The molecule has 2 aliphatic heterocycles. The molecule has 0 spiro atoms. The van der Waals surface area contributed by atoms with Crippen LogP contribution in [0, 0.1) is 0 Å². The van der Waals surface area contributed by atoms with Crippen molar-refractivity contribution in [1.82, 2.24) is 10.2 Å². The summed E-state index contributed by atoms with van der Waals surface area (Å²) in [5.41, 5.74) is 0.795. The number of nitrogens with one attached hydrogen (secondary N) is 1. The van der Waals surface area contributed by atoms with E-state index < -0.39 is 5.60 Å². The smallest absolute Gasteiger partial charge is 0.408 e. The van der Waals surface area contributed by atoms with Gasteiger partial charge in [0.05, 0.1) is 18.2 Å². The first-order valence-electron chi connectivity index (χ1n) is 8.75. The van der Waals surface area contributed by atoms with Crippen molar-refractivity contribution in [2.24, 2.45) is 0 Å². The van der Waals surface area contributed by atoms with E-state index in [-0.39, 0.29) is 24.3 Å². The lowest BCUT2D eigenvalue weighted by Gasteiger charge is -2.24. The van der Waals surface area contributed by atoms with E-state index in [4.69, 9.17) is 9.47 Å². The SMILES string of the molecule is CC1C[C@@H]2[C@H](O1)[C@H](NC(=O)OC(C)(C)C)CN2Cc1ccccc1. The van der Waals surface area contributed by atoms with Gasteiger partial charge in [0.1, 0.15) is 5.60 Å². The van der Waals surface area contributed by atoms with E-state index in [0.717, 1.165) is 19.5 Å². The zero-order chi connectivity index (χ0) is 17.3. The fraction of sp³-hybridized carbons (Fsp3) is 0.632. The van der Waals surface area contributed by atoms with E-state index >= 15 is 0 Å². The number of benzene rings is 1. The number of carbonyl (C=O) groups excluding carboxylic acids is 1. The Kier molecular flexibility index (Phi) is 4.83. The number of hydrogen-bond acceptors (Lipinski definition) is 4. The molecule has 1 N–H and O–H groups in total. The summed E-state index contributed by atoms with van der Waals surface area (Å²) in [7, 11) is 0. The molecule has 1 amide bonds. The predicted molar refractivity (Wildman–Crippen MR) is 92.7 cm³/mol. The Morgan fingerprint density at radius 1 is 1.33 bits per heavy atom. The number of hydrogen-bond donors (Lipinski definition) is 1. The molecule has 0 aromatic heterocycles. The number of fused-ring (bicyclic) bond motifs is 1. The van der Waals surface area contributed by atoms with Crippen molar-refractivity contribution in [3.63, 3.8) is 0 Å². The Hall–Kier alpha value is -1.59. The van der Waals surface area contributed by atoms with Crippen LogP contribution in [0.2, 0.25) is 0 Å². The number of likely N-dealkylation sites (tertiary alicyclic amines) is 1. The molecule has 2 fully saturated rings. The summed E-state index contributed by atoms with van der Waals surface area (Å²) in [5, 5.41) is 3.02. The summed E-state index contributed by atoms with van der Waals surface area (Å²) in [6.45, 7) is 9.39. The lowest BCUT2D eigenvalue weighted by Crippen LogP contribution is -2.46. The van der Waals surface area contributed by atoms with E-state index in [2.05, 4.69) is 41.4 Å². The maximum Gasteiger partial charge on any atom is 0.408 e. The minimum atomic E-state index is -0.490. The summed E-state index contributed by atoms with van der Waals surface area (Å²) in [6, 6.07) is 10.8. The van der Waals surface area contributed by atoms with Gasteiger partial charge in [0.25, 0.3) is 0 Å². The molecule has 1 unspecified atom stereocenters. The topological polar surface area (TPSA) is 50.8 Å². The minimum Gasteiger partial charge on any atom is -0.444 e. The quantitative estimate of drug-likeness (QED) is 0.925. The maximum absolute atomic E-state index is 12.1. The van der Waals surface area contributed by atoms with Crippen LogP contribution in [0.4, 0.5) is 4.79 Å². The van der Waals surface area contributed by atoms with Gasteiger partial charge < -0.3 is 14.8 Å². The first kappa shape index (κ1) is 17.2. The zero-order valence-electron chi connectivity index (χ0n) is 15.0. The van der Waals surface area contributed by atoms with Crippen LogP contribution in [-0.4, -0.2) is 47.4 Å². The Morgan fingerprint density at radius 3 is 2.71 bits per heavy atom. The van der Waals surface area contributed by atoms with E-state index in [1.54, 1.807) is 0 Å². The van der Waals surface area contributed by atoms with Crippen LogP contribution in [0.1, 0.15) is 39.7 Å². The van der Waals surface area contributed by atoms with Crippen LogP contribution in [0.5, 0.6) is 0 Å². The molecule has 4 atom stereocenters. The van der Waals surface area contributed by atoms with Gasteiger partial charge in [-0.05, 0) is 39.7 Å². The van der Waals surface area contributed by atoms with E-state index in [0.29, 0.717) is 6.04 Å². The number of rotatable bonds is 3. The van der Waals surface area contributed by atoms with Gasteiger partial charge in [0.15, 0.2) is 0 Å². The number of ether oxygens (including phenoxy) is 2. The number of alkyl carbamates (subject to hydrolysis) is 1. The number of nitrogens with zero attached hydrogens (tertiary/aromatic N) is 1. The number of carbonyl (C=O) groups is 1. The second-order valence-electron chi connectivity index (χ2n) is 7.88. The second-order valence-corrected chi connectivity index (χ2v) is 7.88. The molecule has 5 nitrogen and oxygen atoms in total. The van der Waals surface area contributed by atoms with Crippen molar-refractivity contribution in [3.8, 4) is 0 Å². The zero-order valence-corrected chi connectivity index (χ0v) is 15.0. The Labute approximate surface area is 144 Å². The van der Waals surface area contributed by atoms with Gasteiger partial charge in [-0.1, -0.05) is 30.3 Å². The molecule has 3 rings (SSSR count). The summed E-state index contributed by atoms with van der Waals surface area (Å²) < 4.78 is 11.5. The highest BCUT2D eigenvalue weighted by Gasteiger charge is 2.48. The van der Waals surface area contributed by atoms with Gasteiger partial charge in [-0.3, -0.25) is 4.90 Å². The molecule has 0 saturated carbocycles. The molecule has 2 heterocycles. The molecular formula is C19H28N2O3. The highest BCUT2D eigenvalue weighted by atomic mass is 16.6. The third-order valence-corrected chi connectivity index (χ3v) is 4.57. The highest BCUT2D eigenvalue weighted by molar-refractivity contribution is 5.68. The van der Waals surface area contributed by atoms with Gasteiger partial charge in [-0.25, -0.2) is 4.79 Å². The molecule has 1 aromatic carbocycles. The molecule has 2 aliphatic rings. The fourth-order valence-corrected chi connectivity index (χ4v) is 3.69. The molecule has 1 aromatic rings. The van der Waals surface area contributed by atoms with Crippen LogP contribution in [0.25, 0.3) is 0 Å². The van der Waals surface area contributed by atoms with Gasteiger partial charge >= 0.3 is 6.09 Å². The van der Waals surface area contributed by atoms with E-state index in [1.807, 2.05) is 26.8 Å². The molecule has 24 heavy (non-hydrogen) atoms. The molecule has 132 valence electrons. The summed E-state index contributed by atoms with van der Waals surface area (Å²) in [6.07, 6.45) is 0.901. The standard InChI is InChI=1S/C19H28N2O3/c1-13-10-16-17(23-13)15(20-18(22)24-19(2,3)4)12-21(16)11-14-8-6-5-7-9-14/h5-9,13,15-17H,10-12H2,1-4H3,(H,20,22)/t13?,15-,16-,17-/m1/s1. The monoisotopic (exact) mass is 332 g/mol. The lowest BCUT2D eigenvalue weighted by molar-refractivity contribution is 0.0252. The summed E-state index contributed by atoms with van der Waals surface area (Å²) in [5.74, 6) is 0. The second kappa shape index (κ2) is 6.73. The summed E-state index contributed by atoms with van der Waals surface area (Å²) in [4.78, 5) is 14.6. The van der Waals surface area contributed by atoms with Crippen LogP contribution in [0.15, 0.2) is 30.3 Å². The van der Waals surface area contributed by atoms with Crippen molar-refractivity contribution < 1.29 is 14.3 Å². The normalized spacial score (nSPS) is 30.2. The average Bonchev–Trinajstić information content (AvgIpc) is 2.98. The molecule has 5 heteroatoms. The summed E-state index contributed by atoms with van der Waals surface area (Å²) >= 11 is 0. The maximum atomic E-state index is 12.1. The van der Waals surface area contributed by atoms with Gasteiger partial charge in [0.2, 0.25) is 0 Å². The molecular weight excluding hydrogens is 304 g/mol. The molecule has 2 saturated heterocycles. The Bertz CT molecular complexity index is 570. The fourth-order valence-electron chi connectivity index (χ4n) is 3.69. The van der Waals surface area contributed by atoms with E-state index in [9.17, 15) is 4.79 Å². The van der Waals surface area contributed by atoms with Crippen LogP contribution in [0.3, 0.4) is 0 Å². The van der Waals surface area contributed by atoms with Crippen LogP contribution < -0.4 is 5.32 Å².